The van der Waals surface area contributed by atoms with E-state index in [-0.39, 0.29) is 18.3 Å². The second kappa shape index (κ2) is 7.40. The number of nitrogens with one attached hydrogen (secondary N) is 1. The summed E-state index contributed by atoms with van der Waals surface area (Å²) in [6.45, 7) is 0.258. The number of methoxy groups -OCH3 is 1. The van der Waals surface area contributed by atoms with Gasteiger partial charge < -0.3 is 14.5 Å². The summed E-state index contributed by atoms with van der Waals surface area (Å²) in [5.41, 5.74) is 1.48. The van der Waals surface area contributed by atoms with Crippen molar-refractivity contribution in [2.75, 3.05) is 13.7 Å². The van der Waals surface area contributed by atoms with E-state index >= 15 is 0 Å². The molecule has 1 aromatic heterocycles. The molecule has 1 aromatic carbocycles. The van der Waals surface area contributed by atoms with Crippen molar-refractivity contribution >= 4 is 12.0 Å². The van der Waals surface area contributed by atoms with E-state index in [0.29, 0.717) is 5.56 Å². The van der Waals surface area contributed by atoms with Crippen LogP contribution in [0, 0.1) is 5.82 Å². The molecule has 1 atom stereocenters. The Morgan fingerprint density at radius 1 is 1.48 bits per heavy atom. The molecule has 0 radical (unpaired) electrons. The largest absolute Gasteiger partial charge is 0.472 e. The SMILES string of the molecule is CO[C@H](CNC(=O)/C=C/c1ccoc1)c1cccc(F)c1. The summed E-state index contributed by atoms with van der Waals surface area (Å²) in [7, 11) is 1.52. The standard InChI is InChI=1S/C16H16FNO3/c1-20-15(13-3-2-4-14(17)9-13)10-18-16(19)6-5-12-7-8-21-11-12/h2-9,11,15H,10H2,1H3,(H,18,19)/b6-5+/t15-/m1/s1. The first-order valence-electron chi connectivity index (χ1n) is 6.45. The Bertz CT molecular complexity index is 608. The van der Waals surface area contributed by atoms with Crippen LogP contribution in [0.4, 0.5) is 4.39 Å². The molecule has 0 aliphatic heterocycles. The lowest BCUT2D eigenvalue weighted by atomic mass is 10.1. The van der Waals surface area contributed by atoms with Gasteiger partial charge in [0, 0.05) is 25.3 Å². The molecule has 1 N–H and O–H groups in total. The number of rotatable bonds is 6. The Hall–Kier alpha value is -2.40. The second-order valence-corrected chi connectivity index (χ2v) is 4.41. The van der Waals surface area contributed by atoms with Crippen LogP contribution in [-0.2, 0) is 9.53 Å². The average molecular weight is 289 g/mol. The van der Waals surface area contributed by atoms with Gasteiger partial charge in [-0.25, -0.2) is 4.39 Å². The number of carbonyl (C=O) groups excluding carboxylic acids is 1. The first-order chi connectivity index (χ1) is 10.2. The molecule has 0 saturated heterocycles. The molecule has 0 aliphatic carbocycles. The van der Waals surface area contributed by atoms with Crippen molar-refractivity contribution in [3.63, 3.8) is 0 Å². The molecule has 0 bridgehead atoms. The van der Waals surface area contributed by atoms with Crippen molar-refractivity contribution in [1.82, 2.24) is 5.32 Å². The molecular weight excluding hydrogens is 273 g/mol. The third-order valence-electron chi connectivity index (χ3n) is 2.94. The summed E-state index contributed by atoms with van der Waals surface area (Å²) in [4.78, 5) is 11.7. The summed E-state index contributed by atoms with van der Waals surface area (Å²) in [6.07, 6.45) is 5.72. The number of benzene rings is 1. The number of furan rings is 1. The molecule has 0 aliphatic rings. The van der Waals surface area contributed by atoms with Gasteiger partial charge in [0.15, 0.2) is 0 Å². The van der Waals surface area contributed by atoms with Crippen LogP contribution in [0.3, 0.4) is 0 Å². The predicted octanol–water partition coefficient (Wildman–Crippen LogP) is 2.94. The van der Waals surface area contributed by atoms with Gasteiger partial charge in [-0.05, 0) is 29.8 Å². The van der Waals surface area contributed by atoms with Crippen LogP contribution >= 0.6 is 0 Å². The normalized spacial score (nSPS) is 12.5. The lowest BCUT2D eigenvalue weighted by Crippen LogP contribution is -2.27. The highest BCUT2D eigenvalue weighted by atomic mass is 19.1. The Kier molecular flexibility index (Phi) is 5.29. The lowest BCUT2D eigenvalue weighted by molar-refractivity contribution is -0.117. The van der Waals surface area contributed by atoms with Gasteiger partial charge >= 0.3 is 0 Å². The van der Waals surface area contributed by atoms with Crippen molar-refractivity contribution in [2.45, 2.75) is 6.10 Å². The zero-order valence-corrected chi connectivity index (χ0v) is 11.6. The maximum Gasteiger partial charge on any atom is 0.244 e. The highest BCUT2D eigenvalue weighted by Crippen LogP contribution is 2.16. The van der Waals surface area contributed by atoms with Crippen LogP contribution in [0.25, 0.3) is 6.08 Å². The molecule has 110 valence electrons. The molecule has 4 nitrogen and oxygen atoms in total. The maximum absolute atomic E-state index is 13.2. The maximum atomic E-state index is 13.2. The molecule has 0 fully saturated rings. The van der Waals surface area contributed by atoms with E-state index in [1.54, 1.807) is 24.3 Å². The minimum absolute atomic E-state index is 0.255. The Morgan fingerprint density at radius 2 is 2.33 bits per heavy atom. The summed E-state index contributed by atoms with van der Waals surface area (Å²) < 4.78 is 23.3. The fourth-order valence-corrected chi connectivity index (χ4v) is 1.84. The number of carbonyl (C=O) groups is 1. The fraction of sp³-hybridized carbons (Fsp3) is 0.188. The molecule has 1 amide bonds. The summed E-state index contributed by atoms with van der Waals surface area (Å²) in [5.74, 6) is -0.588. The van der Waals surface area contributed by atoms with Gasteiger partial charge in [0.1, 0.15) is 5.82 Å². The molecule has 0 spiro atoms. The molecule has 2 rings (SSSR count). The third kappa shape index (κ3) is 4.57. The highest BCUT2D eigenvalue weighted by molar-refractivity contribution is 5.91. The van der Waals surface area contributed by atoms with Crippen LogP contribution < -0.4 is 5.32 Å². The van der Waals surface area contributed by atoms with Crippen LogP contribution in [0.15, 0.2) is 53.4 Å². The molecule has 0 unspecified atom stereocenters. The Labute approximate surface area is 122 Å². The van der Waals surface area contributed by atoms with Gasteiger partial charge in [0.2, 0.25) is 5.91 Å². The topological polar surface area (TPSA) is 51.5 Å². The van der Waals surface area contributed by atoms with E-state index in [9.17, 15) is 9.18 Å². The van der Waals surface area contributed by atoms with E-state index in [1.165, 1.54) is 37.8 Å². The average Bonchev–Trinajstić information content (AvgIpc) is 2.99. The Balaban J connectivity index is 1.89. The van der Waals surface area contributed by atoms with E-state index in [4.69, 9.17) is 9.15 Å². The zero-order valence-electron chi connectivity index (χ0n) is 11.6. The lowest BCUT2D eigenvalue weighted by Gasteiger charge is -2.16. The van der Waals surface area contributed by atoms with Crippen LogP contribution in [0.2, 0.25) is 0 Å². The molecule has 2 aromatic rings. The van der Waals surface area contributed by atoms with Gasteiger partial charge in [-0.1, -0.05) is 12.1 Å². The van der Waals surface area contributed by atoms with E-state index < -0.39 is 6.10 Å². The summed E-state index contributed by atoms with van der Waals surface area (Å²) in [5, 5.41) is 2.71. The van der Waals surface area contributed by atoms with E-state index in [2.05, 4.69) is 5.32 Å². The summed E-state index contributed by atoms with van der Waals surface area (Å²) in [6, 6.07) is 7.86. The number of hydrogen-bond donors (Lipinski definition) is 1. The molecule has 1 heterocycles. The molecule has 0 saturated carbocycles. The minimum atomic E-state index is -0.396. The van der Waals surface area contributed by atoms with Crippen LogP contribution in [0.1, 0.15) is 17.2 Å². The molecular formula is C16H16FNO3. The van der Waals surface area contributed by atoms with Crippen molar-refractivity contribution in [3.8, 4) is 0 Å². The number of halogens is 1. The number of amides is 1. The van der Waals surface area contributed by atoms with Crippen molar-refractivity contribution < 1.29 is 18.3 Å². The summed E-state index contributed by atoms with van der Waals surface area (Å²) >= 11 is 0. The van der Waals surface area contributed by atoms with Gasteiger partial charge in [-0.3, -0.25) is 4.79 Å². The fourth-order valence-electron chi connectivity index (χ4n) is 1.84. The van der Waals surface area contributed by atoms with Crippen LogP contribution in [0.5, 0.6) is 0 Å². The van der Waals surface area contributed by atoms with Crippen molar-refractivity contribution in [2.24, 2.45) is 0 Å². The zero-order chi connectivity index (χ0) is 15.1. The van der Waals surface area contributed by atoms with E-state index in [1.807, 2.05) is 0 Å². The number of ether oxygens (including phenoxy) is 1. The highest BCUT2D eigenvalue weighted by Gasteiger charge is 2.11. The molecule has 21 heavy (non-hydrogen) atoms. The quantitative estimate of drug-likeness (QED) is 0.832. The number of hydrogen-bond acceptors (Lipinski definition) is 3. The van der Waals surface area contributed by atoms with Gasteiger partial charge in [-0.15, -0.1) is 0 Å². The van der Waals surface area contributed by atoms with Crippen molar-refractivity contribution in [3.05, 3.63) is 65.9 Å². The first-order valence-corrected chi connectivity index (χ1v) is 6.45. The predicted molar refractivity (Wildman–Crippen MR) is 76.9 cm³/mol. The third-order valence-corrected chi connectivity index (χ3v) is 2.94. The van der Waals surface area contributed by atoms with E-state index in [0.717, 1.165) is 5.56 Å². The minimum Gasteiger partial charge on any atom is -0.472 e. The second-order valence-electron chi connectivity index (χ2n) is 4.41. The first kappa shape index (κ1) is 15.0. The monoisotopic (exact) mass is 289 g/mol. The van der Waals surface area contributed by atoms with Gasteiger partial charge in [0.05, 0.1) is 18.6 Å². The van der Waals surface area contributed by atoms with Crippen molar-refractivity contribution in [1.29, 1.82) is 0 Å². The molecule has 5 heteroatoms. The van der Waals surface area contributed by atoms with Gasteiger partial charge in [0.25, 0.3) is 0 Å². The Morgan fingerprint density at radius 3 is 3.00 bits per heavy atom. The smallest absolute Gasteiger partial charge is 0.244 e. The van der Waals surface area contributed by atoms with Crippen LogP contribution in [-0.4, -0.2) is 19.6 Å². The van der Waals surface area contributed by atoms with Gasteiger partial charge in [-0.2, -0.15) is 0 Å².